The zero-order valence-corrected chi connectivity index (χ0v) is 14.2. The fourth-order valence-corrected chi connectivity index (χ4v) is 2.70. The van der Waals surface area contributed by atoms with Gasteiger partial charge in [0.2, 0.25) is 0 Å². The second-order valence-corrected chi connectivity index (χ2v) is 5.60. The Balaban J connectivity index is 2.21. The number of nitrogens with zero attached hydrogens (tertiary/aromatic N) is 1. The van der Waals surface area contributed by atoms with E-state index >= 15 is 0 Å². The van der Waals surface area contributed by atoms with Gasteiger partial charge in [-0.15, -0.1) is 0 Å². The average molecular weight is 372 g/mol. The number of esters is 1. The minimum atomic E-state index is -1.05. The number of nitro benzene ring substituents is 1. The summed E-state index contributed by atoms with van der Waals surface area (Å²) >= 11 is 0. The van der Waals surface area contributed by atoms with E-state index in [-0.39, 0.29) is 34.7 Å². The lowest BCUT2D eigenvalue weighted by Gasteiger charge is -2.05. The van der Waals surface area contributed by atoms with Gasteiger partial charge < -0.3 is 9.72 Å². The highest BCUT2D eigenvalue weighted by Gasteiger charge is 2.24. The molecule has 0 spiro atoms. The summed E-state index contributed by atoms with van der Waals surface area (Å²) in [4.78, 5) is 26.0. The molecule has 27 heavy (non-hydrogen) atoms. The first-order chi connectivity index (χ1) is 12.9. The van der Waals surface area contributed by atoms with Crippen LogP contribution in [0.25, 0.3) is 22.5 Å². The van der Waals surface area contributed by atoms with E-state index in [0.717, 1.165) is 12.1 Å². The standard InChI is InChI=1S/C19H14F2N2O4/c1-2-27-19(24)13-10-16(11-7-8-14(20)15(21)9-11)22-18(13)12-5-3-4-6-17(12)23(25)26/h3-10,22H,2H2,1H3. The predicted octanol–water partition coefficient (Wildman–Crippen LogP) is 4.71. The molecule has 3 rings (SSSR count). The molecule has 1 N–H and O–H groups in total. The molecule has 0 bridgehead atoms. The summed E-state index contributed by atoms with van der Waals surface area (Å²) in [6, 6.07) is 10.6. The molecule has 3 aromatic rings. The Labute approximate surface area is 152 Å². The number of hydrogen-bond acceptors (Lipinski definition) is 4. The first-order valence-corrected chi connectivity index (χ1v) is 8.01. The molecule has 2 aromatic carbocycles. The Morgan fingerprint density at radius 1 is 1.15 bits per heavy atom. The van der Waals surface area contributed by atoms with Gasteiger partial charge in [-0.05, 0) is 37.3 Å². The lowest BCUT2D eigenvalue weighted by Crippen LogP contribution is -2.05. The van der Waals surface area contributed by atoms with Gasteiger partial charge in [0.25, 0.3) is 5.69 Å². The van der Waals surface area contributed by atoms with Gasteiger partial charge in [0, 0.05) is 17.3 Å². The number of ether oxygens (including phenoxy) is 1. The molecule has 0 aliphatic rings. The van der Waals surface area contributed by atoms with Crippen LogP contribution < -0.4 is 0 Å². The van der Waals surface area contributed by atoms with Crippen molar-refractivity contribution in [3.63, 3.8) is 0 Å². The number of nitro groups is 1. The first-order valence-electron chi connectivity index (χ1n) is 8.01. The third-order valence-electron chi connectivity index (χ3n) is 3.91. The van der Waals surface area contributed by atoms with Crippen molar-refractivity contribution in [2.24, 2.45) is 0 Å². The smallest absolute Gasteiger partial charge is 0.340 e. The highest BCUT2D eigenvalue weighted by Crippen LogP contribution is 2.35. The van der Waals surface area contributed by atoms with E-state index in [1.165, 1.54) is 30.3 Å². The van der Waals surface area contributed by atoms with Crippen molar-refractivity contribution >= 4 is 11.7 Å². The second-order valence-electron chi connectivity index (χ2n) is 5.60. The third kappa shape index (κ3) is 3.55. The highest BCUT2D eigenvalue weighted by molar-refractivity contribution is 5.99. The normalized spacial score (nSPS) is 10.6. The molecule has 138 valence electrons. The molecular weight excluding hydrogens is 358 g/mol. The van der Waals surface area contributed by atoms with Gasteiger partial charge in [-0.2, -0.15) is 0 Å². The summed E-state index contributed by atoms with van der Waals surface area (Å²) in [7, 11) is 0. The number of aromatic amines is 1. The molecule has 0 amide bonds. The van der Waals surface area contributed by atoms with Crippen molar-refractivity contribution in [3.8, 4) is 22.5 Å². The van der Waals surface area contributed by atoms with Gasteiger partial charge in [-0.25, -0.2) is 13.6 Å². The molecule has 0 fully saturated rings. The van der Waals surface area contributed by atoms with E-state index in [9.17, 15) is 23.7 Å². The number of para-hydroxylation sites is 1. The number of carbonyl (C=O) groups excluding carboxylic acids is 1. The summed E-state index contributed by atoms with van der Waals surface area (Å²) in [6.07, 6.45) is 0. The SMILES string of the molecule is CCOC(=O)c1cc(-c2ccc(F)c(F)c2)[nH]c1-c1ccccc1[N+](=O)[O-]. The van der Waals surface area contributed by atoms with Gasteiger partial charge in [0.05, 0.1) is 28.4 Å². The van der Waals surface area contributed by atoms with E-state index in [4.69, 9.17) is 4.74 Å². The number of benzene rings is 2. The number of hydrogen-bond donors (Lipinski definition) is 1. The van der Waals surface area contributed by atoms with Crippen LogP contribution in [0.2, 0.25) is 0 Å². The zero-order chi connectivity index (χ0) is 19.6. The van der Waals surface area contributed by atoms with Crippen LogP contribution in [-0.2, 0) is 4.74 Å². The van der Waals surface area contributed by atoms with Gasteiger partial charge in [0.1, 0.15) is 0 Å². The number of rotatable bonds is 5. The molecule has 1 heterocycles. The van der Waals surface area contributed by atoms with Crippen LogP contribution in [0.3, 0.4) is 0 Å². The number of halogens is 2. The number of carbonyl (C=O) groups is 1. The van der Waals surface area contributed by atoms with Gasteiger partial charge >= 0.3 is 5.97 Å². The topological polar surface area (TPSA) is 85.2 Å². The Morgan fingerprint density at radius 3 is 2.56 bits per heavy atom. The van der Waals surface area contributed by atoms with Crippen molar-refractivity contribution < 1.29 is 23.2 Å². The van der Waals surface area contributed by atoms with Crippen molar-refractivity contribution in [1.82, 2.24) is 4.98 Å². The van der Waals surface area contributed by atoms with E-state index in [0.29, 0.717) is 5.69 Å². The third-order valence-corrected chi connectivity index (χ3v) is 3.91. The van der Waals surface area contributed by atoms with Crippen molar-refractivity contribution in [2.45, 2.75) is 6.92 Å². The highest BCUT2D eigenvalue weighted by atomic mass is 19.2. The maximum Gasteiger partial charge on any atom is 0.340 e. The molecule has 0 saturated heterocycles. The summed E-state index contributed by atoms with van der Waals surface area (Å²) < 4.78 is 31.8. The van der Waals surface area contributed by atoms with Crippen molar-refractivity contribution in [1.29, 1.82) is 0 Å². The molecule has 0 unspecified atom stereocenters. The first kappa shape index (κ1) is 18.2. The molecule has 0 radical (unpaired) electrons. The largest absolute Gasteiger partial charge is 0.462 e. The average Bonchev–Trinajstić information content (AvgIpc) is 3.09. The Bertz CT molecular complexity index is 1030. The van der Waals surface area contributed by atoms with E-state index < -0.39 is 22.5 Å². The molecule has 0 aliphatic carbocycles. The number of nitrogens with one attached hydrogen (secondary N) is 1. The summed E-state index contributed by atoms with van der Waals surface area (Å²) in [5.41, 5.74) is 0.780. The molecule has 0 saturated carbocycles. The van der Waals surface area contributed by atoms with Gasteiger partial charge in [-0.1, -0.05) is 12.1 Å². The predicted molar refractivity (Wildman–Crippen MR) is 94.2 cm³/mol. The molecule has 8 heteroatoms. The zero-order valence-electron chi connectivity index (χ0n) is 14.2. The Hall–Kier alpha value is -3.55. The van der Waals surface area contributed by atoms with E-state index in [2.05, 4.69) is 4.98 Å². The van der Waals surface area contributed by atoms with Crippen LogP contribution in [0.15, 0.2) is 48.5 Å². The number of H-pyrrole nitrogens is 1. The van der Waals surface area contributed by atoms with Crippen LogP contribution in [0, 0.1) is 21.7 Å². The minimum Gasteiger partial charge on any atom is -0.462 e. The molecule has 0 aliphatic heterocycles. The molecule has 6 nitrogen and oxygen atoms in total. The monoisotopic (exact) mass is 372 g/mol. The Morgan fingerprint density at radius 2 is 1.89 bits per heavy atom. The van der Waals surface area contributed by atoms with Crippen LogP contribution >= 0.6 is 0 Å². The van der Waals surface area contributed by atoms with Crippen molar-refractivity contribution in [2.75, 3.05) is 6.61 Å². The quantitative estimate of drug-likeness (QED) is 0.399. The van der Waals surface area contributed by atoms with Crippen molar-refractivity contribution in [3.05, 3.63) is 75.8 Å². The summed E-state index contributed by atoms with van der Waals surface area (Å²) in [5.74, 6) is -2.74. The van der Waals surface area contributed by atoms with Crippen LogP contribution in [-0.4, -0.2) is 22.5 Å². The molecule has 0 atom stereocenters. The fourth-order valence-electron chi connectivity index (χ4n) is 2.70. The van der Waals surface area contributed by atoms with Crippen LogP contribution in [0.4, 0.5) is 14.5 Å². The van der Waals surface area contributed by atoms with Gasteiger partial charge in [0.15, 0.2) is 11.6 Å². The summed E-state index contributed by atoms with van der Waals surface area (Å²) in [6.45, 7) is 1.74. The maximum atomic E-state index is 13.6. The molecular formula is C19H14F2N2O4. The van der Waals surface area contributed by atoms with E-state index in [1.807, 2.05) is 0 Å². The second kappa shape index (κ2) is 7.36. The van der Waals surface area contributed by atoms with E-state index in [1.54, 1.807) is 13.0 Å². The lowest BCUT2D eigenvalue weighted by molar-refractivity contribution is -0.384. The maximum absolute atomic E-state index is 13.6. The van der Waals surface area contributed by atoms with Crippen LogP contribution in [0.5, 0.6) is 0 Å². The Kier molecular flexibility index (Phi) is 4.98. The van der Waals surface area contributed by atoms with Gasteiger partial charge in [-0.3, -0.25) is 10.1 Å². The number of aromatic nitrogens is 1. The molecule has 1 aromatic heterocycles. The minimum absolute atomic E-state index is 0.0610. The van der Waals surface area contributed by atoms with Crippen LogP contribution in [0.1, 0.15) is 17.3 Å². The summed E-state index contributed by atoms with van der Waals surface area (Å²) in [5, 5.41) is 11.3. The fraction of sp³-hybridized carbons (Fsp3) is 0.105. The lowest BCUT2D eigenvalue weighted by atomic mass is 10.1.